The van der Waals surface area contributed by atoms with Crippen LogP contribution in [0, 0.1) is 6.92 Å². The van der Waals surface area contributed by atoms with E-state index in [0.717, 1.165) is 11.1 Å². The number of nitrogens with one attached hydrogen (secondary N) is 1. The van der Waals surface area contributed by atoms with E-state index in [9.17, 15) is 9.90 Å². The smallest absolute Gasteiger partial charge is 0.407 e. The van der Waals surface area contributed by atoms with E-state index in [1.807, 2.05) is 43.3 Å². The van der Waals surface area contributed by atoms with Gasteiger partial charge in [-0.25, -0.2) is 4.79 Å². The number of phenols is 1. The Labute approximate surface area is 118 Å². The van der Waals surface area contributed by atoms with Gasteiger partial charge in [-0.3, -0.25) is 0 Å². The summed E-state index contributed by atoms with van der Waals surface area (Å²) in [5.41, 5.74) is 2.46. The lowest BCUT2D eigenvalue weighted by molar-refractivity contribution is 0.168. The Bertz CT molecular complexity index is 596. The molecule has 0 saturated carbocycles. The fourth-order valence-electron chi connectivity index (χ4n) is 2.06. The van der Waals surface area contributed by atoms with E-state index in [4.69, 9.17) is 0 Å². The molecule has 0 aromatic heterocycles. The third-order valence-electron chi connectivity index (χ3n) is 3.08. The maximum Gasteiger partial charge on any atom is 0.407 e. The fourth-order valence-corrected chi connectivity index (χ4v) is 2.06. The first kappa shape index (κ1) is 13.9. The number of aromatic hydroxyl groups is 1. The number of hydrogen-bond donors (Lipinski definition) is 2. The van der Waals surface area contributed by atoms with Gasteiger partial charge in [0.25, 0.3) is 0 Å². The Morgan fingerprint density at radius 2 is 1.90 bits per heavy atom. The van der Waals surface area contributed by atoms with E-state index in [1.165, 1.54) is 7.11 Å². The van der Waals surface area contributed by atoms with Crippen LogP contribution in [0.15, 0.2) is 48.5 Å². The SMILES string of the molecule is COC(=O)NC(c1ccccc1)c1ccc(C)cc1O. The fraction of sp³-hybridized carbons (Fsp3) is 0.188. The number of alkyl carbamates (subject to hydrolysis) is 1. The lowest BCUT2D eigenvalue weighted by Crippen LogP contribution is -2.29. The molecule has 0 aliphatic heterocycles. The van der Waals surface area contributed by atoms with Crippen molar-refractivity contribution in [1.82, 2.24) is 5.32 Å². The highest BCUT2D eigenvalue weighted by molar-refractivity contribution is 5.69. The van der Waals surface area contributed by atoms with Gasteiger partial charge < -0.3 is 15.2 Å². The first-order valence-corrected chi connectivity index (χ1v) is 6.30. The average Bonchev–Trinajstić information content (AvgIpc) is 2.46. The maximum atomic E-state index is 11.5. The molecule has 2 N–H and O–H groups in total. The van der Waals surface area contributed by atoms with E-state index in [0.29, 0.717) is 5.56 Å². The number of aryl methyl sites for hydroxylation is 1. The summed E-state index contributed by atoms with van der Waals surface area (Å²) in [7, 11) is 1.31. The summed E-state index contributed by atoms with van der Waals surface area (Å²) in [5.74, 6) is 0.148. The number of phenolic OH excluding ortho intramolecular Hbond substituents is 1. The molecule has 104 valence electrons. The molecule has 0 radical (unpaired) electrons. The second-order valence-electron chi connectivity index (χ2n) is 4.54. The second-order valence-corrected chi connectivity index (χ2v) is 4.54. The quantitative estimate of drug-likeness (QED) is 0.901. The van der Waals surface area contributed by atoms with Gasteiger partial charge in [0.05, 0.1) is 13.2 Å². The van der Waals surface area contributed by atoms with Crippen molar-refractivity contribution < 1.29 is 14.6 Å². The normalized spacial score (nSPS) is 11.7. The van der Waals surface area contributed by atoms with Gasteiger partial charge in [-0.2, -0.15) is 0 Å². The highest BCUT2D eigenvalue weighted by Crippen LogP contribution is 2.30. The average molecular weight is 271 g/mol. The summed E-state index contributed by atoms with van der Waals surface area (Å²) in [5, 5.41) is 12.9. The van der Waals surface area contributed by atoms with Crippen LogP contribution in [0.25, 0.3) is 0 Å². The minimum atomic E-state index is -0.543. The van der Waals surface area contributed by atoms with Crippen molar-refractivity contribution >= 4 is 6.09 Å². The number of carbonyl (C=O) groups excluding carboxylic acids is 1. The molecule has 0 fully saturated rings. The predicted molar refractivity (Wildman–Crippen MR) is 76.7 cm³/mol. The van der Waals surface area contributed by atoms with Crippen LogP contribution in [0.2, 0.25) is 0 Å². The zero-order valence-corrected chi connectivity index (χ0v) is 11.5. The van der Waals surface area contributed by atoms with Gasteiger partial charge in [0.15, 0.2) is 0 Å². The third-order valence-corrected chi connectivity index (χ3v) is 3.08. The molecular weight excluding hydrogens is 254 g/mol. The maximum absolute atomic E-state index is 11.5. The standard InChI is InChI=1S/C16H17NO3/c1-11-8-9-13(14(18)10-11)15(17-16(19)20-2)12-6-4-3-5-7-12/h3-10,15,18H,1-2H3,(H,17,19). The summed E-state index contributed by atoms with van der Waals surface area (Å²) < 4.78 is 4.66. The Kier molecular flexibility index (Phi) is 4.25. The highest BCUT2D eigenvalue weighted by Gasteiger charge is 2.20. The molecular formula is C16H17NO3. The van der Waals surface area contributed by atoms with Crippen molar-refractivity contribution in [2.45, 2.75) is 13.0 Å². The summed E-state index contributed by atoms with van der Waals surface area (Å²) >= 11 is 0. The molecule has 1 atom stereocenters. The molecule has 0 saturated heterocycles. The molecule has 0 spiro atoms. The van der Waals surface area contributed by atoms with Gasteiger partial charge in [-0.05, 0) is 24.1 Å². The van der Waals surface area contributed by atoms with Crippen molar-refractivity contribution in [3.63, 3.8) is 0 Å². The van der Waals surface area contributed by atoms with Gasteiger partial charge in [0.2, 0.25) is 0 Å². The van der Waals surface area contributed by atoms with Crippen LogP contribution < -0.4 is 5.32 Å². The summed E-state index contributed by atoms with van der Waals surface area (Å²) in [6.07, 6.45) is -0.543. The highest BCUT2D eigenvalue weighted by atomic mass is 16.5. The first-order valence-electron chi connectivity index (χ1n) is 6.30. The molecule has 0 bridgehead atoms. The number of carbonyl (C=O) groups is 1. The predicted octanol–water partition coefficient (Wildman–Crippen LogP) is 3.15. The topological polar surface area (TPSA) is 58.6 Å². The van der Waals surface area contributed by atoms with E-state index in [1.54, 1.807) is 12.1 Å². The van der Waals surface area contributed by atoms with Crippen LogP contribution >= 0.6 is 0 Å². The molecule has 4 nitrogen and oxygen atoms in total. The molecule has 1 amide bonds. The van der Waals surface area contributed by atoms with Crippen molar-refractivity contribution in [3.8, 4) is 5.75 Å². The molecule has 2 aromatic rings. The Hall–Kier alpha value is -2.49. The molecule has 4 heteroatoms. The molecule has 2 rings (SSSR count). The van der Waals surface area contributed by atoms with Crippen LogP contribution in [0.3, 0.4) is 0 Å². The van der Waals surface area contributed by atoms with Crippen LogP contribution in [-0.4, -0.2) is 18.3 Å². The Morgan fingerprint density at radius 3 is 2.50 bits per heavy atom. The van der Waals surface area contributed by atoms with Gasteiger partial charge >= 0.3 is 6.09 Å². The lowest BCUT2D eigenvalue weighted by Gasteiger charge is -2.20. The lowest BCUT2D eigenvalue weighted by atomic mass is 9.97. The van der Waals surface area contributed by atoms with Crippen LogP contribution in [0.5, 0.6) is 5.75 Å². The summed E-state index contributed by atoms with van der Waals surface area (Å²) in [6, 6.07) is 14.4. The molecule has 0 aliphatic carbocycles. The van der Waals surface area contributed by atoms with Crippen molar-refractivity contribution in [2.24, 2.45) is 0 Å². The summed E-state index contributed by atoms with van der Waals surface area (Å²) in [4.78, 5) is 11.5. The van der Waals surface area contributed by atoms with E-state index in [-0.39, 0.29) is 5.75 Å². The van der Waals surface area contributed by atoms with Gasteiger partial charge in [0.1, 0.15) is 5.75 Å². The van der Waals surface area contributed by atoms with Crippen LogP contribution in [-0.2, 0) is 4.74 Å². The van der Waals surface area contributed by atoms with Gasteiger partial charge in [0, 0.05) is 5.56 Å². The molecule has 0 heterocycles. The number of methoxy groups -OCH3 is 1. The minimum Gasteiger partial charge on any atom is -0.508 e. The van der Waals surface area contributed by atoms with Gasteiger partial charge in [-0.1, -0.05) is 42.5 Å². The molecule has 1 unspecified atom stereocenters. The molecule has 0 aliphatic rings. The third kappa shape index (κ3) is 3.09. The van der Waals surface area contributed by atoms with Crippen molar-refractivity contribution in [3.05, 3.63) is 65.2 Å². The second kappa shape index (κ2) is 6.10. The van der Waals surface area contributed by atoms with Crippen molar-refractivity contribution in [1.29, 1.82) is 0 Å². The van der Waals surface area contributed by atoms with E-state index >= 15 is 0 Å². The number of amides is 1. The molecule has 2 aromatic carbocycles. The van der Waals surface area contributed by atoms with Crippen LogP contribution in [0.1, 0.15) is 22.7 Å². The number of hydrogen-bond acceptors (Lipinski definition) is 3. The number of ether oxygens (including phenoxy) is 1. The Balaban J connectivity index is 2.43. The number of rotatable bonds is 3. The Morgan fingerprint density at radius 1 is 1.20 bits per heavy atom. The summed E-state index contributed by atoms with van der Waals surface area (Å²) in [6.45, 7) is 1.90. The van der Waals surface area contributed by atoms with Gasteiger partial charge in [-0.15, -0.1) is 0 Å². The van der Waals surface area contributed by atoms with Crippen molar-refractivity contribution in [2.75, 3.05) is 7.11 Å². The minimum absolute atomic E-state index is 0.148. The monoisotopic (exact) mass is 271 g/mol. The van der Waals surface area contributed by atoms with Crippen LogP contribution in [0.4, 0.5) is 4.79 Å². The zero-order valence-electron chi connectivity index (χ0n) is 11.5. The molecule has 20 heavy (non-hydrogen) atoms. The van der Waals surface area contributed by atoms with E-state index < -0.39 is 12.1 Å². The largest absolute Gasteiger partial charge is 0.508 e. The van der Waals surface area contributed by atoms with E-state index in [2.05, 4.69) is 10.1 Å². The first-order chi connectivity index (χ1) is 9.61. The number of benzene rings is 2. The zero-order chi connectivity index (χ0) is 14.5.